The van der Waals surface area contributed by atoms with Gasteiger partial charge in [0.2, 0.25) is 5.91 Å². The second-order valence-corrected chi connectivity index (χ2v) is 9.82. The van der Waals surface area contributed by atoms with Gasteiger partial charge in [-0.05, 0) is 59.7 Å². The summed E-state index contributed by atoms with van der Waals surface area (Å²) in [6.45, 7) is 4.55. The van der Waals surface area contributed by atoms with Crippen LogP contribution in [0.4, 0.5) is 4.39 Å². The lowest BCUT2D eigenvalue weighted by atomic mass is 9.86. The van der Waals surface area contributed by atoms with Gasteiger partial charge in [0.1, 0.15) is 17.6 Å². The van der Waals surface area contributed by atoms with E-state index in [9.17, 15) is 14.9 Å². The molecule has 0 spiro atoms. The molecule has 6 nitrogen and oxygen atoms in total. The van der Waals surface area contributed by atoms with Crippen molar-refractivity contribution in [2.75, 3.05) is 13.7 Å². The average Bonchev–Trinajstić information content (AvgIpc) is 3.47. The Hall–Kier alpha value is -4.02. The second kappa shape index (κ2) is 12.0. The first kappa shape index (κ1) is 27.0. The molecular weight excluding hydrogens is 481 g/mol. The summed E-state index contributed by atoms with van der Waals surface area (Å²) in [6.07, 6.45) is 1.41. The highest BCUT2D eigenvalue weighted by molar-refractivity contribution is 5.95. The number of nitrogens with one attached hydrogen (secondary N) is 2. The monoisotopic (exact) mass is 513 g/mol. The van der Waals surface area contributed by atoms with Crippen molar-refractivity contribution >= 4 is 11.7 Å². The van der Waals surface area contributed by atoms with E-state index in [1.807, 2.05) is 32.0 Å². The van der Waals surface area contributed by atoms with E-state index in [0.29, 0.717) is 45.6 Å². The number of Topliss-reactive ketones (excluding diaryl/α,β-unsaturated/α-hetero) is 1. The van der Waals surface area contributed by atoms with Gasteiger partial charge in [-0.2, -0.15) is 5.26 Å². The van der Waals surface area contributed by atoms with Crippen molar-refractivity contribution < 1.29 is 18.7 Å². The number of nitrogens with zero attached hydrogens (tertiary/aromatic N) is 1. The van der Waals surface area contributed by atoms with Crippen LogP contribution >= 0.6 is 0 Å². The first-order valence-electron chi connectivity index (χ1n) is 12.8. The number of rotatable bonds is 9. The maximum atomic E-state index is 16.1. The third-order valence-electron chi connectivity index (χ3n) is 6.99. The van der Waals surface area contributed by atoms with E-state index in [0.717, 1.165) is 13.0 Å². The summed E-state index contributed by atoms with van der Waals surface area (Å²) < 4.78 is 21.3. The standard InChI is InChI=1S/C31H32FN3O3/c1-19(2)24-13-14-25(28(29(24)32)20-8-5-4-6-9-20)30(35-31(37)26-10-7-15-34-26)27(36)17-21-11-12-23(38-3)16-22(21)18-33/h4-6,8-9,11-14,16,19,26,30,34H,7,10,15,17H2,1-3H3,(H,35,37). The van der Waals surface area contributed by atoms with E-state index in [1.165, 1.54) is 7.11 Å². The molecule has 3 aromatic rings. The molecule has 1 aliphatic rings. The number of benzene rings is 3. The van der Waals surface area contributed by atoms with Gasteiger partial charge in [0.15, 0.2) is 5.78 Å². The van der Waals surface area contributed by atoms with Gasteiger partial charge in [0.25, 0.3) is 0 Å². The van der Waals surface area contributed by atoms with E-state index in [1.54, 1.807) is 42.5 Å². The van der Waals surface area contributed by atoms with Crippen molar-refractivity contribution in [3.05, 3.63) is 88.7 Å². The predicted molar refractivity (Wildman–Crippen MR) is 144 cm³/mol. The lowest BCUT2D eigenvalue weighted by Gasteiger charge is -2.25. The zero-order chi connectivity index (χ0) is 27.2. The number of nitriles is 1. The highest BCUT2D eigenvalue weighted by Crippen LogP contribution is 2.36. The number of amides is 1. The fourth-order valence-corrected chi connectivity index (χ4v) is 4.91. The summed E-state index contributed by atoms with van der Waals surface area (Å²) in [5, 5.41) is 15.7. The molecule has 1 fully saturated rings. The fourth-order valence-electron chi connectivity index (χ4n) is 4.91. The zero-order valence-electron chi connectivity index (χ0n) is 21.9. The summed E-state index contributed by atoms with van der Waals surface area (Å²) >= 11 is 0. The first-order valence-corrected chi connectivity index (χ1v) is 12.8. The van der Waals surface area contributed by atoms with Crippen molar-refractivity contribution in [1.29, 1.82) is 5.26 Å². The Bertz CT molecular complexity index is 1360. The van der Waals surface area contributed by atoms with Gasteiger partial charge < -0.3 is 15.4 Å². The summed E-state index contributed by atoms with van der Waals surface area (Å²) in [7, 11) is 1.50. The van der Waals surface area contributed by atoms with Crippen molar-refractivity contribution in [1.82, 2.24) is 10.6 Å². The van der Waals surface area contributed by atoms with Crippen LogP contribution in [0.25, 0.3) is 11.1 Å². The van der Waals surface area contributed by atoms with Crippen molar-refractivity contribution in [3.8, 4) is 22.9 Å². The van der Waals surface area contributed by atoms with E-state index in [2.05, 4.69) is 16.7 Å². The molecule has 1 amide bonds. The van der Waals surface area contributed by atoms with Crippen LogP contribution in [0.15, 0.2) is 60.7 Å². The summed E-state index contributed by atoms with van der Waals surface area (Å²) in [5.41, 5.74) is 2.66. The molecule has 2 unspecified atom stereocenters. The van der Waals surface area contributed by atoms with Crippen molar-refractivity contribution in [3.63, 3.8) is 0 Å². The Morgan fingerprint density at radius 3 is 2.50 bits per heavy atom. The Kier molecular flexibility index (Phi) is 8.55. The quantitative estimate of drug-likeness (QED) is 0.410. The van der Waals surface area contributed by atoms with Gasteiger partial charge in [-0.1, -0.05) is 62.4 Å². The number of hydrogen-bond donors (Lipinski definition) is 2. The molecule has 3 aromatic carbocycles. The second-order valence-electron chi connectivity index (χ2n) is 9.82. The van der Waals surface area contributed by atoms with Crippen LogP contribution in [-0.4, -0.2) is 31.4 Å². The van der Waals surface area contributed by atoms with Gasteiger partial charge in [-0.25, -0.2) is 4.39 Å². The number of carbonyl (C=O) groups is 2. The Balaban J connectivity index is 1.81. The molecule has 0 radical (unpaired) electrons. The Morgan fingerprint density at radius 2 is 1.87 bits per heavy atom. The summed E-state index contributed by atoms with van der Waals surface area (Å²) in [4.78, 5) is 27.1. The third kappa shape index (κ3) is 5.76. The van der Waals surface area contributed by atoms with Crippen LogP contribution < -0.4 is 15.4 Å². The number of hydrogen-bond acceptors (Lipinski definition) is 5. The molecule has 4 rings (SSSR count). The molecule has 2 N–H and O–H groups in total. The Morgan fingerprint density at radius 1 is 1.13 bits per heavy atom. The number of methoxy groups -OCH3 is 1. The first-order chi connectivity index (χ1) is 18.3. The molecule has 1 saturated heterocycles. The van der Waals surface area contributed by atoms with Crippen LogP contribution in [0.3, 0.4) is 0 Å². The smallest absolute Gasteiger partial charge is 0.237 e. The topological polar surface area (TPSA) is 91.2 Å². The van der Waals surface area contributed by atoms with Crippen LogP contribution in [-0.2, 0) is 16.0 Å². The zero-order valence-corrected chi connectivity index (χ0v) is 21.9. The molecule has 1 heterocycles. The van der Waals surface area contributed by atoms with E-state index >= 15 is 4.39 Å². The van der Waals surface area contributed by atoms with Gasteiger partial charge >= 0.3 is 0 Å². The summed E-state index contributed by atoms with van der Waals surface area (Å²) in [5.74, 6) is -0.615. The SMILES string of the molecule is COc1ccc(CC(=O)C(NC(=O)C2CCCN2)c2ccc(C(C)C)c(F)c2-c2ccccc2)c(C#N)c1. The van der Waals surface area contributed by atoms with Crippen LogP contribution in [0.5, 0.6) is 5.75 Å². The lowest BCUT2D eigenvalue weighted by molar-refractivity contribution is -0.128. The molecule has 7 heteroatoms. The van der Waals surface area contributed by atoms with Crippen molar-refractivity contribution in [2.45, 2.75) is 51.1 Å². The van der Waals surface area contributed by atoms with Crippen LogP contribution in [0.1, 0.15) is 60.9 Å². The maximum absolute atomic E-state index is 16.1. The minimum atomic E-state index is -1.11. The number of halogens is 1. The largest absolute Gasteiger partial charge is 0.497 e. The third-order valence-corrected chi connectivity index (χ3v) is 6.99. The van der Waals surface area contributed by atoms with Crippen molar-refractivity contribution in [2.24, 2.45) is 0 Å². The highest BCUT2D eigenvalue weighted by atomic mass is 19.1. The molecular formula is C31H32FN3O3. The summed E-state index contributed by atoms with van der Waals surface area (Å²) in [6, 6.07) is 18.0. The Labute approximate surface area is 222 Å². The number of ketones is 1. The molecule has 0 aliphatic carbocycles. The number of ether oxygens (including phenoxy) is 1. The average molecular weight is 514 g/mol. The molecule has 1 aliphatic heterocycles. The minimum Gasteiger partial charge on any atom is -0.497 e. The van der Waals surface area contributed by atoms with Crippen LogP contribution in [0.2, 0.25) is 0 Å². The highest BCUT2D eigenvalue weighted by Gasteiger charge is 2.32. The minimum absolute atomic E-state index is 0.0737. The van der Waals surface area contributed by atoms with E-state index in [-0.39, 0.29) is 24.0 Å². The molecule has 0 bridgehead atoms. The van der Waals surface area contributed by atoms with Gasteiger partial charge in [-0.15, -0.1) is 0 Å². The molecule has 2 atom stereocenters. The normalized spacial score (nSPS) is 15.6. The molecule has 0 aromatic heterocycles. The van der Waals surface area contributed by atoms with Crippen LogP contribution in [0, 0.1) is 17.1 Å². The van der Waals surface area contributed by atoms with Gasteiger partial charge in [-0.3, -0.25) is 9.59 Å². The number of carbonyl (C=O) groups excluding carboxylic acids is 2. The molecule has 38 heavy (non-hydrogen) atoms. The molecule has 0 saturated carbocycles. The maximum Gasteiger partial charge on any atom is 0.237 e. The van der Waals surface area contributed by atoms with E-state index < -0.39 is 17.9 Å². The fraction of sp³-hybridized carbons (Fsp3) is 0.323. The lowest BCUT2D eigenvalue weighted by Crippen LogP contribution is -2.44. The van der Waals surface area contributed by atoms with E-state index in [4.69, 9.17) is 4.74 Å². The van der Waals surface area contributed by atoms with Gasteiger partial charge in [0, 0.05) is 12.0 Å². The molecule has 196 valence electrons. The van der Waals surface area contributed by atoms with Gasteiger partial charge in [0.05, 0.1) is 24.8 Å². The predicted octanol–water partition coefficient (Wildman–Crippen LogP) is 5.22.